The van der Waals surface area contributed by atoms with Crippen molar-refractivity contribution in [2.24, 2.45) is 17.3 Å². The van der Waals surface area contributed by atoms with Crippen molar-refractivity contribution in [2.45, 2.75) is 44.9 Å². The van der Waals surface area contributed by atoms with E-state index in [4.69, 9.17) is 0 Å². The molecule has 10 heavy (non-hydrogen) atoms. The predicted octanol–water partition coefficient (Wildman–Crippen LogP) is 2.98. The molecule has 0 radical (unpaired) electrons. The molecule has 1 spiro atoms. The summed E-state index contributed by atoms with van der Waals surface area (Å²) in [5.41, 5.74) is 0.957. The van der Waals surface area contributed by atoms with E-state index in [0.717, 1.165) is 5.41 Å². The van der Waals surface area contributed by atoms with Crippen LogP contribution >= 0.6 is 0 Å². The molecule has 0 heteroatoms. The second kappa shape index (κ2) is 1.60. The van der Waals surface area contributed by atoms with Gasteiger partial charge in [-0.1, -0.05) is 19.3 Å². The van der Waals surface area contributed by atoms with Crippen LogP contribution in [0.4, 0.5) is 0 Å². The fraction of sp³-hybridized carbons (Fsp3) is 1.00. The summed E-state index contributed by atoms with van der Waals surface area (Å²) in [7, 11) is 0. The molecule has 3 fully saturated rings. The topological polar surface area (TPSA) is 0 Å². The van der Waals surface area contributed by atoms with Crippen molar-refractivity contribution >= 4 is 0 Å². The average Bonchev–Trinajstić information content (AvgIpc) is 2.44. The molecule has 0 heterocycles. The van der Waals surface area contributed by atoms with E-state index in [1.54, 1.807) is 44.9 Å². The van der Waals surface area contributed by atoms with Crippen molar-refractivity contribution in [1.29, 1.82) is 0 Å². The smallest absolute Gasteiger partial charge is 0.0235 e. The van der Waals surface area contributed by atoms with Gasteiger partial charge in [0, 0.05) is 0 Å². The lowest BCUT2D eigenvalue weighted by Crippen LogP contribution is -2.07. The summed E-state index contributed by atoms with van der Waals surface area (Å²) < 4.78 is 0. The molecule has 0 nitrogen and oxygen atoms in total. The Labute approximate surface area is 63.0 Å². The first-order valence-electron chi connectivity index (χ1n) is 4.93. The van der Waals surface area contributed by atoms with Crippen LogP contribution in [0.25, 0.3) is 0 Å². The molecule has 0 aromatic heterocycles. The Hall–Kier alpha value is 0. The van der Waals surface area contributed by atoms with E-state index in [2.05, 4.69) is 0 Å². The van der Waals surface area contributed by atoms with Gasteiger partial charge < -0.3 is 0 Å². The Kier molecular flexibility index (Phi) is 0.898. The molecule has 0 saturated heterocycles. The standard InChI is InChI=1S/C10H16/c1-2-6-10-7-3-5-9(10)8(10)4-1/h8-9H,1-7H2. The third kappa shape index (κ3) is 0.466. The van der Waals surface area contributed by atoms with Gasteiger partial charge in [0.2, 0.25) is 0 Å². The lowest BCUT2D eigenvalue weighted by Gasteiger charge is -2.19. The minimum Gasteiger partial charge on any atom is -0.0530 e. The summed E-state index contributed by atoms with van der Waals surface area (Å²) >= 11 is 0. The van der Waals surface area contributed by atoms with Crippen LogP contribution in [0, 0.1) is 17.3 Å². The molecular formula is C10H16. The molecule has 56 valence electrons. The summed E-state index contributed by atoms with van der Waals surface area (Å²) in [5, 5.41) is 0. The molecule has 3 aliphatic carbocycles. The maximum Gasteiger partial charge on any atom is -0.0235 e. The first kappa shape index (κ1) is 5.62. The highest BCUT2D eigenvalue weighted by molar-refractivity contribution is 5.14. The van der Waals surface area contributed by atoms with Crippen LogP contribution in [-0.2, 0) is 0 Å². The van der Waals surface area contributed by atoms with Gasteiger partial charge in [-0.25, -0.2) is 0 Å². The van der Waals surface area contributed by atoms with E-state index < -0.39 is 0 Å². The van der Waals surface area contributed by atoms with Crippen LogP contribution in [0.15, 0.2) is 0 Å². The van der Waals surface area contributed by atoms with Gasteiger partial charge in [-0.2, -0.15) is 0 Å². The highest BCUT2D eigenvalue weighted by Crippen LogP contribution is 2.73. The summed E-state index contributed by atoms with van der Waals surface area (Å²) in [4.78, 5) is 0. The van der Waals surface area contributed by atoms with Gasteiger partial charge in [-0.3, -0.25) is 0 Å². The zero-order valence-corrected chi connectivity index (χ0v) is 6.60. The molecule has 3 rings (SSSR count). The Balaban J connectivity index is 1.88. The van der Waals surface area contributed by atoms with E-state index in [9.17, 15) is 0 Å². The Morgan fingerprint density at radius 1 is 0.800 bits per heavy atom. The fourth-order valence-corrected chi connectivity index (χ4v) is 3.98. The maximum absolute atomic E-state index is 1.60. The number of hydrogen-bond acceptors (Lipinski definition) is 0. The van der Waals surface area contributed by atoms with E-state index in [0.29, 0.717) is 0 Å². The molecule has 3 saturated carbocycles. The third-order valence-electron chi connectivity index (χ3n) is 4.42. The third-order valence-corrected chi connectivity index (χ3v) is 4.42. The molecule has 0 bridgehead atoms. The van der Waals surface area contributed by atoms with Gasteiger partial charge in [0.1, 0.15) is 0 Å². The fourth-order valence-electron chi connectivity index (χ4n) is 3.98. The molecule has 0 N–H and O–H groups in total. The zero-order chi connectivity index (χ0) is 6.60. The van der Waals surface area contributed by atoms with Gasteiger partial charge in [0.15, 0.2) is 0 Å². The van der Waals surface area contributed by atoms with Gasteiger partial charge in [-0.15, -0.1) is 0 Å². The van der Waals surface area contributed by atoms with E-state index >= 15 is 0 Å². The van der Waals surface area contributed by atoms with Crippen LogP contribution in [0.3, 0.4) is 0 Å². The van der Waals surface area contributed by atoms with Crippen LogP contribution < -0.4 is 0 Å². The molecule has 0 aromatic rings. The molecule has 0 aliphatic heterocycles. The summed E-state index contributed by atoms with van der Waals surface area (Å²) in [5.74, 6) is 2.44. The minimum atomic E-state index is 0.957. The van der Waals surface area contributed by atoms with Gasteiger partial charge in [-0.05, 0) is 42.9 Å². The quantitative estimate of drug-likeness (QED) is 0.480. The average molecular weight is 136 g/mol. The number of hydrogen-bond donors (Lipinski definition) is 0. The SMILES string of the molecule is C1CCC23CCCC2C3C1. The largest absolute Gasteiger partial charge is 0.0530 e. The van der Waals surface area contributed by atoms with E-state index in [1.807, 2.05) is 0 Å². The van der Waals surface area contributed by atoms with Crippen LogP contribution in [0.5, 0.6) is 0 Å². The van der Waals surface area contributed by atoms with E-state index in [1.165, 1.54) is 11.8 Å². The van der Waals surface area contributed by atoms with Crippen molar-refractivity contribution in [2.75, 3.05) is 0 Å². The van der Waals surface area contributed by atoms with Crippen LogP contribution in [-0.4, -0.2) is 0 Å². The Bertz CT molecular complexity index is 155. The first-order valence-corrected chi connectivity index (χ1v) is 4.93. The molecule has 0 aromatic carbocycles. The van der Waals surface area contributed by atoms with Crippen molar-refractivity contribution in [3.05, 3.63) is 0 Å². The van der Waals surface area contributed by atoms with Crippen molar-refractivity contribution < 1.29 is 0 Å². The summed E-state index contributed by atoms with van der Waals surface area (Å²) in [6, 6.07) is 0. The Morgan fingerprint density at radius 3 is 2.30 bits per heavy atom. The molecule has 3 aliphatic rings. The second-order valence-corrected chi connectivity index (χ2v) is 4.58. The lowest BCUT2D eigenvalue weighted by atomic mass is 9.86. The van der Waals surface area contributed by atoms with Gasteiger partial charge in [0.05, 0.1) is 0 Å². The van der Waals surface area contributed by atoms with Crippen molar-refractivity contribution in [1.82, 2.24) is 0 Å². The Morgan fingerprint density at radius 2 is 1.50 bits per heavy atom. The summed E-state index contributed by atoms with van der Waals surface area (Å²) in [6.45, 7) is 0. The minimum absolute atomic E-state index is 0.957. The lowest BCUT2D eigenvalue weighted by molar-refractivity contribution is 0.324. The zero-order valence-electron chi connectivity index (χ0n) is 6.60. The second-order valence-electron chi connectivity index (χ2n) is 4.58. The van der Waals surface area contributed by atoms with Gasteiger partial charge in [0.25, 0.3) is 0 Å². The monoisotopic (exact) mass is 136 g/mol. The first-order chi connectivity index (χ1) is 4.93. The number of rotatable bonds is 0. The normalized spacial score (nSPS) is 57.6. The molecule has 3 unspecified atom stereocenters. The van der Waals surface area contributed by atoms with Crippen LogP contribution in [0.2, 0.25) is 0 Å². The highest BCUT2D eigenvalue weighted by atomic mass is 14.7. The van der Waals surface area contributed by atoms with Crippen molar-refractivity contribution in [3.8, 4) is 0 Å². The van der Waals surface area contributed by atoms with Crippen molar-refractivity contribution in [3.63, 3.8) is 0 Å². The van der Waals surface area contributed by atoms with Crippen LogP contribution in [0.1, 0.15) is 44.9 Å². The molecule has 0 amide bonds. The van der Waals surface area contributed by atoms with Gasteiger partial charge >= 0.3 is 0 Å². The highest BCUT2D eigenvalue weighted by Gasteiger charge is 2.65. The molecule has 3 atom stereocenters. The summed E-state index contributed by atoms with van der Waals surface area (Å²) in [6.07, 6.45) is 11.0. The number of fused-ring (bicyclic) bond motifs is 1. The molecular weight excluding hydrogens is 120 g/mol. The predicted molar refractivity (Wildman–Crippen MR) is 41.7 cm³/mol. The van der Waals surface area contributed by atoms with E-state index in [-0.39, 0.29) is 0 Å². The maximum atomic E-state index is 1.60.